The molecule has 0 aliphatic rings. The third-order valence-corrected chi connectivity index (χ3v) is 4.17. The van der Waals surface area contributed by atoms with Gasteiger partial charge in [0.05, 0.1) is 11.9 Å². The van der Waals surface area contributed by atoms with E-state index in [0.29, 0.717) is 28.7 Å². The largest absolute Gasteiger partial charge is 0.485 e. The molecule has 0 atom stereocenters. The molecule has 0 bridgehead atoms. The first kappa shape index (κ1) is 19.2. The highest BCUT2D eigenvalue weighted by molar-refractivity contribution is 6.04. The quantitative estimate of drug-likeness (QED) is 0.484. The molecule has 0 spiro atoms. The summed E-state index contributed by atoms with van der Waals surface area (Å²) in [6.07, 6.45) is 3.58. The Morgan fingerprint density at radius 1 is 1.13 bits per heavy atom. The van der Waals surface area contributed by atoms with Gasteiger partial charge >= 0.3 is 0 Å². The van der Waals surface area contributed by atoms with Gasteiger partial charge in [-0.25, -0.2) is 0 Å². The average molecular weight is 404 g/mol. The molecular formula is C21H20N6O3. The summed E-state index contributed by atoms with van der Waals surface area (Å²) < 4.78 is 12.2. The lowest BCUT2D eigenvalue weighted by atomic mass is 10.1. The minimum absolute atomic E-state index is 0.208. The topological polar surface area (TPSA) is 107 Å². The van der Waals surface area contributed by atoms with Crippen molar-refractivity contribution in [1.82, 2.24) is 19.9 Å². The van der Waals surface area contributed by atoms with Crippen LogP contribution in [0.4, 0.5) is 17.1 Å². The number of aryl methyl sites for hydroxylation is 2. The molecule has 2 N–H and O–H groups in total. The first-order chi connectivity index (χ1) is 14.5. The number of ether oxygens (including phenoxy) is 1. The van der Waals surface area contributed by atoms with E-state index < -0.39 is 0 Å². The third kappa shape index (κ3) is 4.82. The fourth-order valence-electron chi connectivity index (χ4n) is 2.78. The molecule has 0 fully saturated rings. The summed E-state index contributed by atoms with van der Waals surface area (Å²) in [7, 11) is 1.84. The first-order valence-electron chi connectivity index (χ1n) is 9.24. The van der Waals surface area contributed by atoms with E-state index in [1.165, 1.54) is 0 Å². The van der Waals surface area contributed by atoms with Crippen LogP contribution in [0.25, 0.3) is 0 Å². The van der Waals surface area contributed by atoms with Crippen LogP contribution in [-0.2, 0) is 13.7 Å². The second-order valence-corrected chi connectivity index (χ2v) is 6.61. The SMILES string of the molecule is Cc1nc(COc2ccc(NC(=O)c3cccc(Nc4cnn(C)c4)c3)cc2)no1. The number of benzene rings is 2. The molecule has 0 aliphatic carbocycles. The van der Waals surface area contributed by atoms with Gasteiger partial charge in [-0.15, -0.1) is 0 Å². The van der Waals surface area contributed by atoms with Gasteiger partial charge in [0.15, 0.2) is 6.61 Å². The number of nitrogens with one attached hydrogen (secondary N) is 2. The molecule has 4 aromatic rings. The second-order valence-electron chi connectivity index (χ2n) is 6.61. The monoisotopic (exact) mass is 404 g/mol. The lowest BCUT2D eigenvalue weighted by molar-refractivity contribution is 0.102. The molecule has 0 saturated heterocycles. The Balaban J connectivity index is 1.35. The molecule has 9 nitrogen and oxygen atoms in total. The highest BCUT2D eigenvalue weighted by Gasteiger charge is 2.08. The zero-order valence-corrected chi connectivity index (χ0v) is 16.5. The molecule has 152 valence electrons. The number of hydrogen-bond donors (Lipinski definition) is 2. The van der Waals surface area contributed by atoms with Crippen LogP contribution in [0.2, 0.25) is 0 Å². The fraction of sp³-hybridized carbons (Fsp3) is 0.143. The molecule has 9 heteroatoms. The number of rotatable bonds is 7. The number of anilines is 3. The number of hydrogen-bond acceptors (Lipinski definition) is 7. The second kappa shape index (κ2) is 8.48. The molecule has 0 radical (unpaired) electrons. The third-order valence-electron chi connectivity index (χ3n) is 4.17. The molecule has 30 heavy (non-hydrogen) atoms. The van der Waals surface area contributed by atoms with E-state index in [4.69, 9.17) is 9.26 Å². The van der Waals surface area contributed by atoms with Crippen LogP contribution >= 0.6 is 0 Å². The maximum atomic E-state index is 12.6. The standard InChI is InChI=1S/C21H20N6O3/c1-14-23-20(26-30-14)13-29-19-8-6-16(7-9-19)25-21(28)15-4-3-5-17(10-15)24-18-11-22-27(2)12-18/h3-12,24H,13H2,1-2H3,(H,25,28). The van der Waals surface area contributed by atoms with Gasteiger partial charge in [0.2, 0.25) is 11.7 Å². The summed E-state index contributed by atoms with van der Waals surface area (Å²) in [6.45, 7) is 1.93. The zero-order chi connectivity index (χ0) is 20.9. The Morgan fingerprint density at radius 2 is 1.97 bits per heavy atom. The maximum Gasteiger partial charge on any atom is 0.255 e. The Morgan fingerprint density at radius 3 is 2.67 bits per heavy atom. The van der Waals surface area contributed by atoms with E-state index in [0.717, 1.165) is 11.4 Å². The van der Waals surface area contributed by atoms with E-state index in [1.54, 1.807) is 54.2 Å². The minimum atomic E-state index is -0.208. The summed E-state index contributed by atoms with van der Waals surface area (Å²) in [5.74, 6) is 1.40. The van der Waals surface area contributed by atoms with Crippen molar-refractivity contribution >= 4 is 23.0 Å². The lowest BCUT2D eigenvalue weighted by Crippen LogP contribution is -2.12. The number of amides is 1. The predicted molar refractivity (Wildman–Crippen MR) is 111 cm³/mol. The highest BCUT2D eigenvalue weighted by atomic mass is 16.5. The van der Waals surface area contributed by atoms with Crippen molar-refractivity contribution in [2.75, 3.05) is 10.6 Å². The van der Waals surface area contributed by atoms with Gasteiger partial charge < -0.3 is 19.9 Å². The Bertz CT molecular complexity index is 1150. The average Bonchev–Trinajstić information content (AvgIpc) is 3.35. The summed E-state index contributed by atoms with van der Waals surface area (Å²) in [5.41, 5.74) is 2.85. The van der Waals surface area contributed by atoms with Crippen LogP contribution in [0.5, 0.6) is 5.75 Å². The molecule has 4 rings (SSSR count). The molecule has 0 unspecified atom stereocenters. The van der Waals surface area contributed by atoms with Gasteiger partial charge in [-0.2, -0.15) is 10.1 Å². The molecule has 2 heterocycles. The van der Waals surface area contributed by atoms with E-state index in [9.17, 15) is 4.79 Å². The molecule has 0 saturated carbocycles. The van der Waals surface area contributed by atoms with Crippen LogP contribution in [0.15, 0.2) is 65.4 Å². The van der Waals surface area contributed by atoms with Gasteiger partial charge in [-0.3, -0.25) is 9.48 Å². The lowest BCUT2D eigenvalue weighted by Gasteiger charge is -2.09. The van der Waals surface area contributed by atoms with Crippen LogP contribution in [0, 0.1) is 6.92 Å². The fourth-order valence-corrected chi connectivity index (χ4v) is 2.78. The van der Waals surface area contributed by atoms with Crippen molar-refractivity contribution in [2.45, 2.75) is 13.5 Å². The minimum Gasteiger partial charge on any atom is -0.485 e. The Kier molecular flexibility index (Phi) is 5.42. The van der Waals surface area contributed by atoms with Crippen LogP contribution in [-0.4, -0.2) is 25.8 Å². The molecular weight excluding hydrogens is 384 g/mol. The van der Waals surface area contributed by atoms with Crippen molar-refractivity contribution < 1.29 is 14.1 Å². The Labute approximate surface area is 172 Å². The van der Waals surface area contributed by atoms with Crippen molar-refractivity contribution in [1.29, 1.82) is 0 Å². The highest BCUT2D eigenvalue weighted by Crippen LogP contribution is 2.20. The summed E-state index contributed by atoms with van der Waals surface area (Å²) >= 11 is 0. The van der Waals surface area contributed by atoms with Gasteiger partial charge in [-0.05, 0) is 42.5 Å². The summed E-state index contributed by atoms with van der Waals surface area (Å²) in [4.78, 5) is 16.7. The van der Waals surface area contributed by atoms with Crippen molar-refractivity contribution in [3.05, 3.63) is 78.2 Å². The van der Waals surface area contributed by atoms with Gasteiger partial charge in [0, 0.05) is 37.1 Å². The molecule has 2 aromatic carbocycles. The number of carbonyl (C=O) groups is 1. The van der Waals surface area contributed by atoms with Crippen LogP contribution in [0.1, 0.15) is 22.1 Å². The number of carbonyl (C=O) groups excluding carboxylic acids is 1. The first-order valence-corrected chi connectivity index (χ1v) is 9.24. The number of aromatic nitrogens is 4. The van der Waals surface area contributed by atoms with Gasteiger partial charge in [-0.1, -0.05) is 11.2 Å². The molecule has 0 aliphatic heterocycles. The summed E-state index contributed by atoms with van der Waals surface area (Å²) in [6, 6.07) is 14.3. The summed E-state index contributed by atoms with van der Waals surface area (Å²) in [5, 5.41) is 14.0. The smallest absolute Gasteiger partial charge is 0.255 e. The van der Waals surface area contributed by atoms with E-state index in [1.807, 2.05) is 25.4 Å². The number of nitrogens with zero attached hydrogens (tertiary/aromatic N) is 4. The maximum absolute atomic E-state index is 12.6. The Hall–Kier alpha value is -4.14. The van der Waals surface area contributed by atoms with Gasteiger partial charge in [0.1, 0.15) is 5.75 Å². The molecule has 2 aromatic heterocycles. The van der Waals surface area contributed by atoms with E-state index in [2.05, 4.69) is 25.9 Å². The van der Waals surface area contributed by atoms with E-state index >= 15 is 0 Å². The van der Waals surface area contributed by atoms with Crippen LogP contribution < -0.4 is 15.4 Å². The van der Waals surface area contributed by atoms with Crippen molar-refractivity contribution in [3.63, 3.8) is 0 Å². The normalized spacial score (nSPS) is 10.6. The predicted octanol–water partition coefficient (Wildman–Crippen LogP) is 3.69. The zero-order valence-electron chi connectivity index (χ0n) is 16.5. The van der Waals surface area contributed by atoms with Crippen molar-refractivity contribution in [2.24, 2.45) is 7.05 Å². The van der Waals surface area contributed by atoms with Gasteiger partial charge in [0.25, 0.3) is 5.91 Å². The van der Waals surface area contributed by atoms with Crippen molar-refractivity contribution in [3.8, 4) is 5.75 Å². The van der Waals surface area contributed by atoms with Crippen LogP contribution in [0.3, 0.4) is 0 Å². The van der Waals surface area contributed by atoms with E-state index in [-0.39, 0.29) is 12.5 Å². The molecule has 1 amide bonds.